The summed E-state index contributed by atoms with van der Waals surface area (Å²) in [6.45, 7) is 1.69. The summed E-state index contributed by atoms with van der Waals surface area (Å²) in [5.41, 5.74) is -0.351. The monoisotopic (exact) mass is 470 g/mol. The summed E-state index contributed by atoms with van der Waals surface area (Å²) in [4.78, 5) is 39.1. The van der Waals surface area contributed by atoms with Crippen molar-refractivity contribution < 1.29 is 23.5 Å². The minimum atomic E-state index is -1.27. The number of carbonyl (C=O) groups is 2. The first-order chi connectivity index (χ1) is 14.3. The van der Waals surface area contributed by atoms with Gasteiger partial charge in [0, 0.05) is 15.9 Å². The molecular formula is C21H15BrN2O6. The lowest BCUT2D eigenvalue weighted by molar-refractivity contribution is -0.131. The summed E-state index contributed by atoms with van der Waals surface area (Å²) in [6, 6.07) is 11.1. The van der Waals surface area contributed by atoms with Crippen molar-refractivity contribution in [2.45, 2.75) is 19.0 Å². The highest BCUT2D eigenvalue weighted by atomic mass is 79.9. The van der Waals surface area contributed by atoms with Crippen LogP contribution in [-0.2, 0) is 16.9 Å². The number of ether oxygens (including phenoxy) is 2. The van der Waals surface area contributed by atoms with Crippen LogP contribution < -0.4 is 20.4 Å². The molecule has 30 heavy (non-hydrogen) atoms. The van der Waals surface area contributed by atoms with E-state index in [2.05, 4.69) is 21.2 Å². The second-order valence-electron chi connectivity index (χ2n) is 7.25. The summed E-state index contributed by atoms with van der Waals surface area (Å²) in [6.07, 6.45) is 0. The van der Waals surface area contributed by atoms with Crippen LogP contribution in [0.1, 0.15) is 18.1 Å². The molecule has 2 aromatic carbocycles. The van der Waals surface area contributed by atoms with Gasteiger partial charge >= 0.3 is 11.7 Å². The van der Waals surface area contributed by atoms with Crippen LogP contribution in [0.5, 0.6) is 11.5 Å². The Balaban J connectivity index is 1.51. The minimum absolute atomic E-state index is 0.0610. The van der Waals surface area contributed by atoms with Gasteiger partial charge < -0.3 is 19.2 Å². The van der Waals surface area contributed by atoms with E-state index in [9.17, 15) is 14.4 Å². The average molecular weight is 471 g/mol. The molecule has 8 nitrogen and oxygen atoms in total. The molecule has 3 amide bonds. The third-order valence-electron chi connectivity index (χ3n) is 5.35. The van der Waals surface area contributed by atoms with Crippen molar-refractivity contribution in [1.82, 2.24) is 10.2 Å². The molecule has 0 bridgehead atoms. The fourth-order valence-corrected chi connectivity index (χ4v) is 4.09. The Morgan fingerprint density at radius 3 is 2.70 bits per heavy atom. The molecule has 1 unspecified atom stereocenters. The zero-order valence-electron chi connectivity index (χ0n) is 15.7. The molecule has 2 aliphatic rings. The molecule has 9 heteroatoms. The number of hydrogen-bond donors (Lipinski definition) is 1. The van der Waals surface area contributed by atoms with E-state index in [1.165, 1.54) is 6.07 Å². The lowest BCUT2D eigenvalue weighted by Gasteiger charge is -2.22. The van der Waals surface area contributed by atoms with Gasteiger partial charge in [-0.25, -0.2) is 9.59 Å². The van der Waals surface area contributed by atoms with Gasteiger partial charge in [-0.3, -0.25) is 9.69 Å². The Bertz CT molecular complexity index is 1290. The van der Waals surface area contributed by atoms with Gasteiger partial charge in [0.25, 0.3) is 5.91 Å². The maximum atomic E-state index is 13.3. The van der Waals surface area contributed by atoms with Gasteiger partial charge in [-0.15, -0.1) is 0 Å². The lowest BCUT2D eigenvalue weighted by Crippen LogP contribution is -2.40. The Morgan fingerprint density at radius 1 is 1.07 bits per heavy atom. The van der Waals surface area contributed by atoms with E-state index < -0.39 is 23.1 Å². The maximum Gasteiger partial charge on any atom is 0.336 e. The highest BCUT2D eigenvalue weighted by Gasteiger charge is 2.49. The first-order valence-electron chi connectivity index (χ1n) is 9.12. The first-order valence-corrected chi connectivity index (χ1v) is 9.91. The first kappa shape index (κ1) is 18.7. The number of amides is 3. The Kier molecular flexibility index (Phi) is 4.11. The van der Waals surface area contributed by atoms with E-state index in [0.717, 1.165) is 9.37 Å². The molecule has 2 aliphatic heterocycles. The molecule has 1 saturated heterocycles. The molecule has 5 rings (SSSR count). The highest BCUT2D eigenvalue weighted by molar-refractivity contribution is 9.10. The van der Waals surface area contributed by atoms with Gasteiger partial charge in [-0.1, -0.05) is 22.0 Å². The van der Waals surface area contributed by atoms with E-state index in [1.54, 1.807) is 43.3 Å². The summed E-state index contributed by atoms with van der Waals surface area (Å²) in [7, 11) is 0. The molecule has 0 radical (unpaired) electrons. The van der Waals surface area contributed by atoms with Gasteiger partial charge in [-0.05, 0) is 48.4 Å². The van der Waals surface area contributed by atoms with Crippen LogP contribution in [0.4, 0.5) is 4.79 Å². The van der Waals surface area contributed by atoms with Crippen LogP contribution in [0.2, 0.25) is 0 Å². The Labute approximate surface area is 178 Å². The van der Waals surface area contributed by atoms with Crippen molar-refractivity contribution in [2.24, 2.45) is 0 Å². The molecule has 3 aromatic rings. The number of urea groups is 1. The second-order valence-corrected chi connectivity index (χ2v) is 8.16. The van der Waals surface area contributed by atoms with Crippen molar-refractivity contribution in [2.75, 3.05) is 6.79 Å². The summed E-state index contributed by atoms with van der Waals surface area (Å²) < 4.78 is 16.7. The number of hydrogen-bond acceptors (Lipinski definition) is 6. The van der Waals surface area contributed by atoms with Crippen molar-refractivity contribution in [1.29, 1.82) is 0 Å². The number of fused-ring (bicyclic) bond motifs is 2. The van der Waals surface area contributed by atoms with Crippen LogP contribution >= 0.6 is 15.9 Å². The number of carbonyl (C=O) groups excluding carboxylic acids is 2. The summed E-state index contributed by atoms with van der Waals surface area (Å²) >= 11 is 3.34. The molecule has 3 heterocycles. The predicted molar refractivity (Wildman–Crippen MR) is 109 cm³/mol. The number of rotatable bonds is 3. The zero-order chi connectivity index (χ0) is 21.0. The van der Waals surface area contributed by atoms with E-state index in [-0.39, 0.29) is 13.3 Å². The van der Waals surface area contributed by atoms with Crippen LogP contribution in [-0.4, -0.2) is 23.6 Å². The normalized spacial score (nSPS) is 20.1. The number of benzene rings is 2. The van der Waals surface area contributed by atoms with E-state index in [0.29, 0.717) is 33.6 Å². The smallest absolute Gasteiger partial charge is 0.336 e. The highest BCUT2D eigenvalue weighted by Crippen LogP contribution is 2.38. The van der Waals surface area contributed by atoms with Crippen molar-refractivity contribution in [3.63, 3.8) is 0 Å². The topological polar surface area (TPSA) is 98.1 Å². The predicted octanol–water partition coefficient (Wildman–Crippen LogP) is 3.25. The average Bonchev–Trinajstić information content (AvgIpc) is 3.25. The molecule has 152 valence electrons. The van der Waals surface area contributed by atoms with E-state index in [4.69, 9.17) is 13.9 Å². The molecular weight excluding hydrogens is 456 g/mol. The summed E-state index contributed by atoms with van der Waals surface area (Å²) in [5.74, 6) is 0.681. The van der Waals surface area contributed by atoms with Crippen LogP contribution in [0.3, 0.4) is 0 Å². The molecule has 1 fully saturated rings. The van der Waals surface area contributed by atoms with Crippen LogP contribution in [0.25, 0.3) is 11.0 Å². The second kappa shape index (κ2) is 6.60. The van der Waals surface area contributed by atoms with Crippen molar-refractivity contribution >= 4 is 38.8 Å². The lowest BCUT2D eigenvalue weighted by atomic mass is 9.91. The number of nitrogens with zero attached hydrogens (tertiary/aromatic N) is 1. The molecule has 0 aliphatic carbocycles. The third-order valence-corrected chi connectivity index (χ3v) is 5.84. The van der Waals surface area contributed by atoms with Gasteiger partial charge in [0.05, 0.1) is 6.54 Å². The Morgan fingerprint density at radius 2 is 1.87 bits per heavy atom. The molecule has 0 spiro atoms. The van der Waals surface area contributed by atoms with Gasteiger partial charge in [0.2, 0.25) is 6.79 Å². The molecule has 0 saturated carbocycles. The third kappa shape index (κ3) is 2.85. The molecule has 1 aromatic heterocycles. The van der Waals surface area contributed by atoms with Crippen LogP contribution in [0, 0.1) is 0 Å². The van der Waals surface area contributed by atoms with Crippen molar-refractivity contribution in [3.8, 4) is 11.5 Å². The fourth-order valence-electron chi connectivity index (χ4n) is 3.75. The van der Waals surface area contributed by atoms with E-state index >= 15 is 0 Å². The fraction of sp³-hybridized carbons (Fsp3) is 0.190. The number of halogens is 1. The SMILES string of the molecule is CC1(c2ccc3c(c2)OCO3)NC(=O)N(Cc2cc(=O)oc3cc(Br)ccc23)C1=O. The molecule has 1 atom stereocenters. The minimum Gasteiger partial charge on any atom is -0.454 e. The largest absolute Gasteiger partial charge is 0.454 e. The number of nitrogens with one attached hydrogen (secondary N) is 1. The summed E-state index contributed by atoms with van der Waals surface area (Å²) in [5, 5.41) is 3.41. The Hall–Kier alpha value is -3.33. The van der Waals surface area contributed by atoms with Crippen LogP contribution in [0.15, 0.2) is 56.1 Å². The quantitative estimate of drug-likeness (QED) is 0.465. The van der Waals surface area contributed by atoms with Crippen molar-refractivity contribution in [3.05, 3.63) is 68.5 Å². The zero-order valence-corrected chi connectivity index (χ0v) is 17.3. The van der Waals surface area contributed by atoms with E-state index in [1.807, 2.05) is 0 Å². The number of imide groups is 1. The standard InChI is InChI=1S/C21H15BrN2O6/c1-21(12-2-5-15-17(7-12)29-10-28-15)19(26)24(20(27)23-21)9-11-6-18(25)30-16-8-13(22)3-4-14(11)16/h2-8H,9-10H2,1H3,(H,23,27). The maximum absolute atomic E-state index is 13.3. The van der Waals surface area contributed by atoms with Gasteiger partial charge in [0.1, 0.15) is 11.1 Å². The van der Waals surface area contributed by atoms with Gasteiger partial charge in [-0.2, -0.15) is 0 Å². The molecule has 1 N–H and O–H groups in total. The van der Waals surface area contributed by atoms with Gasteiger partial charge in [0.15, 0.2) is 11.5 Å².